The van der Waals surface area contributed by atoms with Crippen LogP contribution in [0, 0.1) is 26.2 Å². The van der Waals surface area contributed by atoms with E-state index in [4.69, 9.17) is 11.2 Å². The molecule has 0 fully saturated rings. The predicted molar refractivity (Wildman–Crippen MR) is 73.7 cm³/mol. The van der Waals surface area contributed by atoms with Crippen LogP contribution < -0.4 is 10.1 Å². The second kappa shape index (κ2) is 7.75. The molecule has 0 saturated heterocycles. The van der Waals surface area contributed by atoms with Gasteiger partial charge in [-0.25, -0.2) is 0 Å². The summed E-state index contributed by atoms with van der Waals surface area (Å²) < 4.78 is 5.66. The number of hydrogen-bond acceptors (Lipinski definition) is 3. The zero-order valence-corrected chi connectivity index (χ0v) is 11.1. The number of rotatable bonds is 7. The SMILES string of the molecule is C#CCCNCC(O)COc1c(C)cccc1C. The molecule has 0 radical (unpaired) electrons. The van der Waals surface area contributed by atoms with Gasteiger partial charge in [-0.3, -0.25) is 0 Å². The van der Waals surface area contributed by atoms with Gasteiger partial charge < -0.3 is 15.2 Å². The van der Waals surface area contributed by atoms with Gasteiger partial charge in [-0.2, -0.15) is 0 Å². The standard InChI is InChI=1S/C15H21NO2/c1-4-5-9-16-10-14(17)11-18-15-12(2)7-6-8-13(15)3/h1,6-8,14,16-17H,5,9-11H2,2-3H3. The van der Waals surface area contributed by atoms with E-state index in [0.29, 0.717) is 13.0 Å². The molecule has 3 heteroatoms. The Labute approximate surface area is 109 Å². The Bertz CT molecular complexity index is 389. The van der Waals surface area contributed by atoms with E-state index in [1.807, 2.05) is 32.0 Å². The summed E-state index contributed by atoms with van der Waals surface area (Å²) in [5.74, 6) is 3.40. The molecule has 0 aliphatic heterocycles. The lowest BCUT2D eigenvalue weighted by atomic mass is 10.1. The van der Waals surface area contributed by atoms with Crippen molar-refractivity contribution >= 4 is 0 Å². The monoisotopic (exact) mass is 247 g/mol. The molecular formula is C15H21NO2. The Morgan fingerprint density at radius 1 is 1.39 bits per heavy atom. The molecule has 2 N–H and O–H groups in total. The molecule has 1 rings (SSSR count). The summed E-state index contributed by atoms with van der Waals surface area (Å²) in [6.45, 7) is 5.50. The molecule has 0 saturated carbocycles. The van der Waals surface area contributed by atoms with Crippen LogP contribution in [-0.4, -0.2) is 30.9 Å². The molecule has 0 aliphatic carbocycles. The van der Waals surface area contributed by atoms with Crippen molar-refractivity contribution in [2.45, 2.75) is 26.4 Å². The highest BCUT2D eigenvalue weighted by molar-refractivity contribution is 5.39. The van der Waals surface area contributed by atoms with Crippen molar-refractivity contribution in [3.8, 4) is 18.1 Å². The number of aryl methyl sites for hydroxylation is 2. The van der Waals surface area contributed by atoms with Gasteiger partial charge in [-0.1, -0.05) is 18.2 Å². The van der Waals surface area contributed by atoms with Crippen molar-refractivity contribution in [2.24, 2.45) is 0 Å². The van der Waals surface area contributed by atoms with Crippen molar-refractivity contribution in [3.05, 3.63) is 29.3 Å². The van der Waals surface area contributed by atoms with E-state index in [1.54, 1.807) is 0 Å². The van der Waals surface area contributed by atoms with E-state index >= 15 is 0 Å². The van der Waals surface area contributed by atoms with E-state index in [1.165, 1.54) is 0 Å². The first-order valence-electron chi connectivity index (χ1n) is 6.16. The summed E-state index contributed by atoms with van der Waals surface area (Å²) in [7, 11) is 0. The summed E-state index contributed by atoms with van der Waals surface area (Å²) in [6.07, 6.45) is 5.28. The Morgan fingerprint density at radius 2 is 2.06 bits per heavy atom. The van der Waals surface area contributed by atoms with Crippen LogP contribution in [0.1, 0.15) is 17.5 Å². The largest absolute Gasteiger partial charge is 0.490 e. The molecule has 0 amide bonds. The Hall–Kier alpha value is -1.50. The smallest absolute Gasteiger partial charge is 0.125 e. The molecule has 98 valence electrons. The fourth-order valence-corrected chi connectivity index (χ4v) is 1.69. The second-order valence-corrected chi connectivity index (χ2v) is 4.34. The van der Waals surface area contributed by atoms with Gasteiger partial charge in [-0.15, -0.1) is 12.3 Å². The first-order valence-corrected chi connectivity index (χ1v) is 6.16. The summed E-state index contributed by atoms with van der Waals surface area (Å²) >= 11 is 0. The molecule has 1 aromatic rings. The Morgan fingerprint density at radius 3 is 2.67 bits per heavy atom. The van der Waals surface area contributed by atoms with Crippen LogP contribution in [0.15, 0.2) is 18.2 Å². The van der Waals surface area contributed by atoms with Crippen LogP contribution in [0.3, 0.4) is 0 Å². The van der Waals surface area contributed by atoms with E-state index in [2.05, 4.69) is 11.2 Å². The molecule has 1 atom stereocenters. The summed E-state index contributed by atoms with van der Waals surface area (Å²) in [4.78, 5) is 0. The van der Waals surface area contributed by atoms with Crippen molar-refractivity contribution in [1.29, 1.82) is 0 Å². The molecule has 0 spiro atoms. The number of benzene rings is 1. The van der Waals surface area contributed by atoms with E-state index in [0.717, 1.165) is 23.4 Å². The Kier molecular flexibility index (Phi) is 6.27. The molecule has 1 unspecified atom stereocenters. The van der Waals surface area contributed by atoms with E-state index < -0.39 is 6.10 Å². The topological polar surface area (TPSA) is 41.5 Å². The number of para-hydroxylation sites is 1. The van der Waals surface area contributed by atoms with E-state index in [9.17, 15) is 5.11 Å². The van der Waals surface area contributed by atoms with Gasteiger partial charge in [0, 0.05) is 19.5 Å². The first-order chi connectivity index (χ1) is 8.65. The highest BCUT2D eigenvalue weighted by atomic mass is 16.5. The van der Waals surface area contributed by atoms with Crippen LogP contribution in [0.5, 0.6) is 5.75 Å². The maximum atomic E-state index is 9.75. The summed E-state index contributed by atoms with van der Waals surface area (Å²) in [5.41, 5.74) is 2.17. The molecule has 0 aliphatic rings. The van der Waals surface area contributed by atoms with Crippen LogP contribution >= 0.6 is 0 Å². The quantitative estimate of drug-likeness (QED) is 0.569. The lowest BCUT2D eigenvalue weighted by Crippen LogP contribution is -2.32. The lowest BCUT2D eigenvalue weighted by molar-refractivity contribution is 0.106. The number of nitrogens with one attached hydrogen (secondary N) is 1. The number of hydrogen-bond donors (Lipinski definition) is 2. The number of terminal acetylenes is 1. The summed E-state index contributed by atoms with van der Waals surface area (Å²) in [6, 6.07) is 6.00. The molecule has 0 heterocycles. The van der Waals surface area contributed by atoms with Gasteiger partial charge in [0.1, 0.15) is 18.5 Å². The zero-order chi connectivity index (χ0) is 13.4. The number of aliphatic hydroxyl groups is 1. The third kappa shape index (κ3) is 4.79. The minimum absolute atomic E-state index is 0.286. The predicted octanol–water partition coefficient (Wildman–Crippen LogP) is 1.66. The molecule has 1 aromatic carbocycles. The Balaban J connectivity index is 2.34. The maximum absolute atomic E-state index is 9.75. The van der Waals surface area contributed by atoms with Crippen LogP contribution in [-0.2, 0) is 0 Å². The molecule has 0 aromatic heterocycles. The van der Waals surface area contributed by atoms with Gasteiger partial charge in [-0.05, 0) is 25.0 Å². The minimum Gasteiger partial charge on any atom is -0.490 e. The molecular weight excluding hydrogens is 226 g/mol. The molecule has 0 bridgehead atoms. The normalized spacial score (nSPS) is 11.9. The fourth-order valence-electron chi connectivity index (χ4n) is 1.69. The average molecular weight is 247 g/mol. The number of aliphatic hydroxyl groups excluding tert-OH is 1. The van der Waals surface area contributed by atoms with Crippen molar-refractivity contribution in [3.63, 3.8) is 0 Å². The zero-order valence-electron chi connectivity index (χ0n) is 11.1. The number of ether oxygens (including phenoxy) is 1. The molecule has 18 heavy (non-hydrogen) atoms. The average Bonchev–Trinajstić information content (AvgIpc) is 2.34. The van der Waals surface area contributed by atoms with Gasteiger partial charge >= 0.3 is 0 Å². The highest BCUT2D eigenvalue weighted by Crippen LogP contribution is 2.22. The fraction of sp³-hybridized carbons (Fsp3) is 0.467. The third-order valence-corrected chi connectivity index (χ3v) is 2.65. The molecule has 3 nitrogen and oxygen atoms in total. The van der Waals surface area contributed by atoms with Gasteiger partial charge in [0.25, 0.3) is 0 Å². The van der Waals surface area contributed by atoms with Gasteiger partial charge in [0.05, 0.1) is 0 Å². The van der Waals surface area contributed by atoms with Crippen molar-refractivity contribution in [1.82, 2.24) is 5.32 Å². The lowest BCUT2D eigenvalue weighted by Gasteiger charge is -2.15. The van der Waals surface area contributed by atoms with Crippen molar-refractivity contribution < 1.29 is 9.84 Å². The van der Waals surface area contributed by atoms with Crippen LogP contribution in [0.25, 0.3) is 0 Å². The van der Waals surface area contributed by atoms with Crippen LogP contribution in [0.2, 0.25) is 0 Å². The summed E-state index contributed by atoms with van der Waals surface area (Å²) in [5, 5.41) is 12.8. The third-order valence-electron chi connectivity index (χ3n) is 2.65. The van der Waals surface area contributed by atoms with Crippen LogP contribution in [0.4, 0.5) is 0 Å². The first kappa shape index (κ1) is 14.6. The van der Waals surface area contributed by atoms with E-state index in [-0.39, 0.29) is 6.61 Å². The second-order valence-electron chi connectivity index (χ2n) is 4.34. The minimum atomic E-state index is -0.526. The van der Waals surface area contributed by atoms with Gasteiger partial charge in [0.2, 0.25) is 0 Å². The van der Waals surface area contributed by atoms with Gasteiger partial charge in [0.15, 0.2) is 0 Å². The maximum Gasteiger partial charge on any atom is 0.125 e. The highest BCUT2D eigenvalue weighted by Gasteiger charge is 2.07. The van der Waals surface area contributed by atoms with Crippen molar-refractivity contribution in [2.75, 3.05) is 19.7 Å².